The summed E-state index contributed by atoms with van der Waals surface area (Å²) in [6, 6.07) is 25.3. The highest BCUT2D eigenvalue weighted by Gasteiger charge is 2.46. The molecule has 244 valence electrons. The molecule has 0 saturated carbocycles. The van der Waals surface area contributed by atoms with Gasteiger partial charge in [0.2, 0.25) is 0 Å². The van der Waals surface area contributed by atoms with Crippen LogP contribution in [0.15, 0.2) is 97.2 Å². The first-order valence-corrected chi connectivity index (χ1v) is 15.9. The average molecular weight is 705 g/mol. The number of carboxylic acids is 1. The van der Waals surface area contributed by atoms with E-state index in [1.807, 2.05) is 42.6 Å². The van der Waals surface area contributed by atoms with Crippen LogP contribution < -0.4 is 4.72 Å². The first kappa shape index (κ1) is 35.1. The van der Waals surface area contributed by atoms with Crippen molar-refractivity contribution in [2.24, 2.45) is 0 Å². The maximum Gasteiger partial charge on any atom is 0.516 e. The molecular formula is C33H26Cl2F3N3O5S. The Morgan fingerprint density at radius 3 is 2.13 bits per heavy atom. The third kappa shape index (κ3) is 8.94. The van der Waals surface area contributed by atoms with E-state index in [0.29, 0.717) is 10.0 Å². The summed E-state index contributed by atoms with van der Waals surface area (Å²) in [4.78, 5) is 15.4. The maximum atomic E-state index is 12.1. The normalized spacial score (nSPS) is 11.6. The Morgan fingerprint density at radius 1 is 0.936 bits per heavy atom. The number of para-hydroxylation sites is 1. The number of halogens is 5. The van der Waals surface area contributed by atoms with Crippen molar-refractivity contribution >= 4 is 57.0 Å². The minimum Gasteiger partial charge on any atom is -0.508 e. The Hall–Kier alpha value is -4.78. The largest absolute Gasteiger partial charge is 0.516 e. The van der Waals surface area contributed by atoms with E-state index in [-0.39, 0.29) is 5.75 Å². The van der Waals surface area contributed by atoms with Gasteiger partial charge in [0.15, 0.2) is 0 Å². The SMILES string of the molecule is CCn1cc(-c2ccc(Cl)cc2Cl)nc1/C=C/c1ccc(-c2ccc(O)cc2)cc1.O=C(O)c1ccccc1NS(=O)(=O)C(F)(F)F. The number of aromatic carboxylic acids is 1. The summed E-state index contributed by atoms with van der Waals surface area (Å²) in [7, 11) is -5.62. The number of aromatic nitrogens is 2. The van der Waals surface area contributed by atoms with Gasteiger partial charge in [-0.05, 0) is 72.2 Å². The molecule has 0 amide bonds. The fourth-order valence-electron chi connectivity index (χ4n) is 4.22. The number of aromatic hydroxyl groups is 1. The van der Waals surface area contributed by atoms with Gasteiger partial charge in [-0.25, -0.2) is 9.78 Å². The molecule has 1 aromatic heterocycles. The van der Waals surface area contributed by atoms with Crippen LogP contribution >= 0.6 is 23.2 Å². The maximum absolute atomic E-state index is 12.1. The van der Waals surface area contributed by atoms with Crippen LogP contribution in [0.4, 0.5) is 18.9 Å². The van der Waals surface area contributed by atoms with Gasteiger partial charge in [-0.1, -0.05) is 77.8 Å². The second-order valence-corrected chi connectivity index (χ2v) is 12.3. The lowest BCUT2D eigenvalue weighted by atomic mass is 10.0. The van der Waals surface area contributed by atoms with Crippen LogP contribution in [0.1, 0.15) is 28.7 Å². The minimum absolute atomic E-state index is 0.268. The Morgan fingerprint density at radius 2 is 1.55 bits per heavy atom. The number of anilines is 1. The number of carboxylic acid groups (broad SMARTS) is 1. The van der Waals surface area contributed by atoms with E-state index < -0.39 is 32.8 Å². The number of imidazole rings is 1. The topological polar surface area (TPSA) is 122 Å². The van der Waals surface area contributed by atoms with E-state index in [0.717, 1.165) is 52.4 Å². The molecule has 5 aromatic rings. The predicted octanol–water partition coefficient (Wildman–Crippen LogP) is 9.07. The number of aryl methyl sites for hydroxylation is 1. The van der Waals surface area contributed by atoms with Crippen molar-refractivity contribution < 1.29 is 36.6 Å². The van der Waals surface area contributed by atoms with Gasteiger partial charge in [0.05, 0.1) is 22.0 Å². The number of sulfonamides is 1. The average Bonchev–Trinajstić information content (AvgIpc) is 3.43. The van der Waals surface area contributed by atoms with E-state index in [2.05, 4.69) is 35.8 Å². The van der Waals surface area contributed by atoms with Crippen molar-refractivity contribution in [2.45, 2.75) is 19.0 Å². The van der Waals surface area contributed by atoms with Crippen LogP contribution in [-0.4, -0.2) is 39.7 Å². The molecule has 0 atom stereocenters. The zero-order valence-corrected chi connectivity index (χ0v) is 26.7. The van der Waals surface area contributed by atoms with E-state index in [4.69, 9.17) is 33.3 Å². The molecule has 0 spiro atoms. The molecule has 0 aliphatic carbocycles. The van der Waals surface area contributed by atoms with Crippen LogP contribution in [0.5, 0.6) is 5.75 Å². The molecule has 14 heteroatoms. The molecule has 0 bridgehead atoms. The van der Waals surface area contributed by atoms with Crippen LogP contribution in [-0.2, 0) is 16.6 Å². The van der Waals surface area contributed by atoms with Gasteiger partial charge in [-0.15, -0.1) is 0 Å². The summed E-state index contributed by atoms with van der Waals surface area (Å²) in [5.74, 6) is -0.407. The lowest BCUT2D eigenvalue weighted by molar-refractivity contribution is -0.0429. The van der Waals surface area contributed by atoms with Crippen LogP contribution in [0.3, 0.4) is 0 Å². The monoisotopic (exact) mass is 703 g/mol. The molecule has 5 rings (SSSR count). The van der Waals surface area contributed by atoms with Crippen molar-refractivity contribution in [2.75, 3.05) is 4.72 Å². The van der Waals surface area contributed by atoms with Crippen LogP contribution in [0, 0.1) is 0 Å². The molecule has 8 nitrogen and oxygen atoms in total. The number of nitrogens with zero attached hydrogens (tertiary/aromatic N) is 2. The number of benzene rings is 4. The number of alkyl halides is 3. The third-order valence-corrected chi connectivity index (χ3v) is 8.24. The molecule has 0 aliphatic rings. The fourth-order valence-corrected chi connectivity index (χ4v) is 5.30. The van der Waals surface area contributed by atoms with E-state index in [1.165, 1.54) is 16.9 Å². The lowest BCUT2D eigenvalue weighted by Crippen LogP contribution is -2.30. The molecule has 0 fully saturated rings. The number of rotatable bonds is 8. The number of carbonyl (C=O) groups is 1. The molecule has 0 unspecified atom stereocenters. The zero-order chi connectivity index (χ0) is 34.4. The number of phenolic OH excluding ortho intramolecular Hbond substituents is 1. The molecule has 0 saturated heterocycles. The summed E-state index contributed by atoms with van der Waals surface area (Å²) in [6.45, 7) is 2.89. The molecule has 4 aromatic carbocycles. The van der Waals surface area contributed by atoms with Gasteiger partial charge in [0, 0.05) is 23.3 Å². The Bertz CT molecular complexity index is 2010. The summed E-state index contributed by atoms with van der Waals surface area (Å²) >= 11 is 12.4. The fraction of sp³-hybridized carbons (Fsp3) is 0.0909. The Labute approximate surface area is 278 Å². The Kier molecular flexibility index (Phi) is 11.0. The van der Waals surface area contributed by atoms with E-state index in [1.54, 1.807) is 18.2 Å². The second kappa shape index (κ2) is 14.8. The highest BCUT2D eigenvalue weighted by Crippen LogP contribution is 2.31. The van der Waals surface area contributed by atoms with E-state index in [9.17, 15) is 31.5 Å². The highest BCUT2D eigenvalue weighted by molar-refractivity contribution is 7.93. The van der Waals surface area contributed by atoms with Crippen molar-refractivity contribution in [3.8, 4) is 28.1 Å². The highest BCUT2D eigenvalue weighted by atomic mass is 35.5. The zero-order valence-electron chi connectivity index (χ0n) is 24.4. The van der Waals surface area contributed by atoms with Crippen molar-refractivity contribution in [3.63, 3.8) is 0 Å². The molecule has 0 radical (unpaired) electrons. The standard InChI is InChI=1S/C25H20Cl2N2O.C8H6F3NO4S/c1-2-29-16-24(22-13-10-20(26)15-23(22)27)28-25(29)14-5-17-3-6-18(7-4-17)19-8-11-21(30)12-9-19;9-8(10,11)17(15,16)12-6-4-2-1-3-5(6)7(13)14/h3-16,30H,2H2,1H3;1-4,12H,(H,13,14)/b14-5+;. The third-order valence-electron chi connectivity index (χ3n) is 6.60. The summed E-state index contributed by atoms with van der Waals surface area (Å²) in [5, 5.41) is 19.3. The lowest BCUT2D eigenvalue weighted by Gasteiger charge is -2.11. The second-order valence-electron chi connectivity index (χ2n) is 9.80. The van der Waals surface area contributed by atoms with E-state index >= 15 is 0 Å². The minimum atomic E-state index is -5.62. The van der Waals surface area contributed by atoms with Gasteiger partial charge in [-0.3, -0.25) is 4.72 Å². The first-order chi connectivity index (χ1) is 22.2. The van der Waals surface area contributed by atoms with Gasteiger partial charge >= 0.3 is 21.5 Å². The smallest absolute Gasteiger partial charge is 0.508 e. The molecular weight excluding hydrogens is 678 g/mol. The summed E-state index contributed by atoms with van der Waals surface area (Å²) in [6.07, 6.45) is 6.05. The van der Waals surface area contributed by atoms with Crippen molar-refractivity contribution in [3.05, 3.63) is 124 Å². The molecule has 47 heavy (non-hydrogen) atoms. The van der Waals surface area contributed by atoms with Crippen LogP contribution in [0.2, 0.25) is 10.0 Å². The number of nitrogens with one attached hydrogen (secondary N) is 1. The Balaban J connectivity index is 0.000000251. The molecule has 3 N–H and O–H groups in total. The van der Waals surface area contributed by atoms with Gasteiger partial charge in [-0.2, -0.15) is 21.6 Å². The number of hydrogen-bond donors (Lipinski definition) is 3. The number of hydrogen-bond acceptors (Lipinski definition) is 5. The summed E-state index contributed by atoms with van der Waals surface area (Å²) < 4.78 is 61.0. The quantitative estimate of drug-likeness (QED) is 0.148. The van der Waals surface area contributed by atoms with Gasteiger partial charge in [0.25, 0.3) is 0 Å². The summed E-state index contributed by atoms with van der Waals surface area (Å²) in [5.41, 5.74) is -1.79. The molecule has 1 heterocycles. The first-order valence-electron chi connectivity index (χ1n) is 13.7. The molecule has 0 aliphatic heterocycles. The van der Waals surface area contributed by atoms with Crippen molar-refractivity contribution in [1.29, 1.82) is 0 Å². The predicted molar refractivity (Wildman–Crippen MR) is 178 cm³/mol. The number of phenols is 1. The van der Waals surface area contributed by atoms with Crippen molar-refractivity contribution in [1.82, 2.24) is 9.55 Å². The van der Waals surface area contributed by atoms with Crippen LogP contribution in [0.25, 0.3) is 34.5 Å². The van der Waals surface area contributed by atoms with Gasteiger partial charge < -0.3 is 14.8 Å². The van der Waals surface area contributed by atoms with Gasteiger partial charge in [0.1, 0.15) is 11.6 Å².